The molecule has 0 N–H and O–H groups in total. The molecule has 0 saturated heterocycles. The van der Waals surface area contributed by atoms with Gasteiger partial charge in [-0.1, -0.05) is 13.5 Å². The van der Waals surface area contributed by atoms with Crippen LogP contribution in [0.3, 0.4) is 0 Å². The molecule has 0 spiro atoms. The molecule has 0 heterocycles. The number of Topliss-reactive ketones (excluding diaryl/α,β-unsaturated/α-hetero) is 1. The second-order valence-electron chi connectivity index (χ2n) is 2.56. The molecule has 0 radical (unpaired) electrons. The zero-order valence-electron chi connectivity index (χ0n) is 7.55. The average molecular weight is 170 g/mol. The highest BCUT2D eigenvalue weighted by atomic mass is 16.5. The number of hydrogen-bond donors (Lipinski definition) is 0. The van der Waals surface area contributed by atoms with Crippen molar-refractivity contribution in [2.75, 3.05) is 6.61 Å². The Balaban J connectivity index is 3.69. The summed E-state index contributed by atoms with van der Waals surface area (Å²) in [6.07, 6.45) is 0.799. The number of carbonyl (C=O) groups is 2. The molecule has 0 rings (SSSR count). The first-order valence-corrected chi connectivity index (χ1v) is 3.92. The highest BCUT2D eigenvalue weighted by molar-refractivity contribution is 5.96. The molecule has 0 aromatic carbocycles. The molecule has 0 aliphatic carbocycles. The van der Waals surface area contributed by atoms with E-state index in [1.54, 1.807) is 0 Å². The average Bonchev–Trinajstić information content (AvgIpc) is 2.00. The SMILES string of the molecule is C=C(CC(=O)OCCC)C(C)=O. The van der Waals surface area contributed by atoms with Gasteiger partial charge >= 0.3 is 5.97 Å². The summed E-state index contributed by atoms with van der Waals surface area (Å²) in [6.45, 7) is 7.15. The van der Waals surface area contributed by atoms with Gasteiger partial charge in [-0.3, -0.25) is 9.59 Å². The van der Waals surface area contributed by atoms with Crippen molar-refractivity contribution in [2.45, 2.75) is 26.7 Å². The number of rotatable bonds is 5. The molecule has 0 atom stereocenters. The predicted octanol–water partition coefficient (Wildman–Crippen LogP) is 1.47. The minimum Gasteiger partial charge on any atom is -0.465 e. The molecule has 0 fully saturated rings. The van der Waals surface area contributed by atoms with Gasteiger partial charge in [0.05, 0.1) is 13.0 Å². The lowest BCUT2D eigenvalue weighted by atomic mass is 10.1. The third-order valence-electron chi connectivity index (χ3n) is 1.32. The van der Waals surface area contributed by atoms with Gasteiger partial charge in [-0.2, -0.15) is 0 Å². The lowest BCUT2D eigenvalue weighted by Gasteiger charge is -2.02. The van der Waals surface area contributed by atoms with Crippen LogP contribution in [0.5, 0.6) is 0 Å². The second kappa shape index (κ2) is 5.52. The summed E-state index contributed by atoms with van der Waals surface area (Å²) in [4.78, 5) is 21.5. The number of hydrogen-bond acceptors (Lipinski definition) is 3. The van der Waals surface area contributed by atoms with Crippen LogP contribution in [-0.2, 0) is 14.3 Å². The Labute approximate surface area is 72.4 Å². The van der Waals surface area contributed by atoms with Gasteiger partial charge < -0.3 is 4.74 Å². The van der Waals surface area contributed by atoms with E-state index in [1.165, 1.54) is 6.92 Å². The van der Waals surface area contributed by atoms with Gasteiger partial charge in [0.1, 0.15) is 0 Å². The van der Waals surface area contributed by atoms with Crippen molar-refractivity contribution in [1.29, 1.82) is 0 Å². The molecule has 0 bridgehead atoms. The first-order valence-electron chi connectivity index (χ1n) is 3.92. The summed E-state index contributed by atoms with van der Waals surface area (Å²) in [5.74, 6) is -0.541. The molecule has 0 unspecified atom stereocenters. The van der Waals surface area contributed by atoms with E-state index in [0.29, 0.717) is 12.2 Å². The predicted molar refractivity (Wildman–Crippen MR) is 45.7 cm³/mol. The summed E-state index contributed by atoms with van der Waals surface area (Å²) in [6, 6.07) is 0. The Hall–Kier alpha value is -1.12. The number of esters is 1. The van der Waals surface area contributed by atoms with E-state index >= 15 is 0 Å². The minimum atomic E-state index is -0.378. The maximum absolute atomic E-state index is 10.9. The number of carbonyl (C=O) groups excluding carboxylic acids is 2. The fourth-order valence-electron chi connectivity index (χ4n) is 0.566. The molecule has 0 aliphatic rings. The van der Waals surface area contributed by atoms with Crippen molar-refractivity contribution in [3.05, 3.63) is 12.2 Å². The summed E-state index contributed by atoms with van der Waals surface area (Å²) in [5.41, 5.74) is 0.302. The quantitative estimate of drug-likeness (QED) is 0.463. The highest BCUT2D eigenvalue weighted by Gasteiger charge is 2.07. The van der Waals surface area contributed by atoms with Crippen LogP contribution in [-0.4, -0.2) is 18.4 Å². The van der Waals surface area contributed by atoms with Gasteiger partial charge in [0, 0.05) is 0 Å². The van der Waals surface area contributed by atoms with E-state index in [-0.39, 0.29) is 18.2 Å². The zero-order valence-corrected chi connectivity index (χ0v) is 7.55. The number of ketones is 1. The maximum Gasteiger partial charge on any atom is 0.310 e. The zero-order chi connectivity index (χ0) is 9.56. The Morgan fingerprint density at radius 3 is 2.42 bits per heavy atom. The number of ether oxygens (including phenoxy) is 1. The Morgan fingerprint density at radius 1 is 1.42 bits per heavy atom. The normalized spacial score (nSPS) is 9.17. The first-order chi connectivity index (χ1) is 5.57. The lowest BCUT2D eigenvalue weighted by Crippen LogP contribution is -2.08. The Morgan fingerprint density at radius 2 is 2.00 bits per heavy atom. The van der Waals surface area contributed by atoms with E-state index in [0.717, 1.165) is 6.42 Å². The summed E-state index contributed by atoms with van der Waals surface area (Å²) in [7, 11) is 0. The lowest BCUT2D eigenvalue weighted by molar-refractivity contribution is -0.143. The van der Waals surface area contributed by atoms with Crippen molar-refractivity contribution < 1.29 is 14.3 Å². The molecule has 0 aliphatic heterocycles. The highest BCUT2D eigenvalue weighted by Crippen LogP contribution is 2.01. The summed E-state index contributed by atoms with van der Waals surface area (Å²) < 4.78 is 4.76. The van der Waals surface area contributed by atoms with Crippen LogP contribution >= 0.6 is 0 Å². The van der Waals surface area contributed by atoms with Crippen LogP contribution in [0.1, 0.15) is 26.7 Å². The minimum absolute atomic E-state index is 0.00926. The van der Waals surface area contributed by atoms with Gasteiger partial charge in [0.25, 0.3) is 0 Å². The van der Waals surface area contributed by atoms with Crippen LogP contribution in [0.4, 0.5) is 0 Å². The largest absolute Gasteiger partial charge is 0.465 e. The monoisotopic (exact) mass is 170 g/mol. The van der Waals surface area contributed by atoms with E-state index < -0.39 is 0 Å². The van der Waals surface area contributed by atoms with Gasteiger partial charge in [-0.25, -0.2) is 0 Å². The molecule has 3 heteroatoms. The molecule has 0 aromatic heterocycles. The van der Waals surface area contributed by atoms with E-state index in [2.05, 4.69) is 6.58 Å². The van der Waals surface area contributed by atoms with Crippen molar-refractivity contribution >= 4 is 11.8 Å². The van der Waals surface area contributed by atoms with Gasteiger partial charge in [-0.15, -0.1) is 0 Å². The van der Waals surface area contributed by atoms with Crippen molar-refractivity contribution in [3.8, 4) is 0 Å². The second-order valence-corrected chi connectivity index (χ2v) is 2.56. The topological polar surface area (TPSA) is 43.4 Å². The van der Waals surface area contributed by atoms with Crippen molar-refractivity contribution in [1.82, 2.24) is 0 Å². The van der Waals surface area contributed by atoms with Gasteiger partial charge in [0.15, 0.2) is 5.78 Å². The maximum atomic E-state index is 10.9. The van der Waals surface area contributed by atoms with Gasteiger partial charge in [-0.05, 0) is 18.9 Å². The molecule has 0 amide bonds. The fourth-order valence-corrected chi connectivity index (χ4v) is 0.566. The third-order valence-corrected chi connectivity index (χ3v) is 1.32. The molecule has 68 valence electrons. The van der Waals surface area contributed by atoms with E-state index in [4.69, 9.17) is 4.74 Å². The fraction of sp³-hybridized carbons (Fsp3) is 0.556. The van der Waals surface area contributed by atoms with E-state index in [9.17, 15) is 9.59 Å². The van der Waals surface area contributed by atoms with Crippen molar-refractivity contribution in [2.24, 2.45) is 0 Å². The van der Waals surface area contributed by atoms with Crippen LogP contribution in [0.15, 0.2) is 12.2 Å². The van der Waals surface area contributed by atoms with Gasteiger partial charge in [0.2, 0.25) is 0 Å². The smallest absolute Gasteiger partial charge is 0.310 e. The Bertz CT molecular complexity index is 194. The van der Waals surface area contributed by atoms with Crippen LogP contribution in [0.25, 0.3) is 0 Å². The molecule has 12 heavy (non-hydrogen) atoms. The first kappa shape index (κ1) is 10.9. The van der Waals surface area contributed by atoms with Crippen molar-refractivity contribution in [3.63, 3.8) is 0 Å². The molecular formula is C9H14O3. The summed E-state index contributed by atoms with van der Waals surface area (Å²) >= 11 is 0. The Kier molecular flexibility index (Phi) is 5.00. The van der Waals surface area contributed by atoms with Crippen LogP contribution in [0.2, 0.25) is 0 Å². The van der Waals surface area contributed by atoms with E-state index in [1.807, 2.05) is 6.92 Å². The van der Waals surface area contributed by atoms with Crippen LogP contribution < -0.4 is 0 Å². The third kappa shape index (κ3) is 4.66. The molecule has 3 nitrogen and oxygen atoms in total. The standard InChI is InChI=1S/C9H14O3/c1-4-5-12-9(11)6-7(2)8(3)10/h2,4-6H2,1,3H3. The summed E-state index contributed by atoms with van der Waals surface area (Å²) in [5, 5.41) is 0. The van der Waals surface area contributed by atoms with Crippen LogP contribution in [0, 0.1) is 0 Å². The molecule has 0 aromatic rings. The molecule has 0 saturated carbocycles. The molecular weight excluding hydrogens is 156 g/mol.